The second-order valence-electron chi connectivity index (χ2n) is 5.87. The number of hydrogen-bond acceptors (Lipinski definition) is 7. The summed E-state index contributed by atoms with van der Waals surface area (Å²) in [7, 11) is 0. The Balaban J connectivity index is 1.80. The molecule has 0 spiro atoms. The summed E-state index contributed by atoms with van der Waals surface area (Å²) in [5, 5.41) is 0. The predicted molar refractivity (Wildman–Crippen MR) is 101 cm³/mol. The van der Waals surface area contributed by atoms with Gasteiger partial charge in [0.1, 0.15) is 5.52 Å². The summed E-state index contributed by atoms with van der Waals surface area (Å²) in [5.74, 6) is 6.52. The lowest BCUT2D eigenvalue weighted by Crippen LogP contribution is -2.36. The third-order valence-corrected chi connectivity index (χ3v) is 6.14. The van der Waals surface area contributed by atoms with Crippen molar-refractivity contribution < 1.29 is 0 Å². The van der Waals surface area contributed by atoms with E-state index in [1.165, 1.54) is 0 Å². The van der Waals surface area contributed by atoms with E-state index < -0.39 is 0 Å². The van der Waals surface area contributed by atoms with Gasteiger partial charge < -0.3 is 9.80 Å². The number of fused-ring (bicyclic) bond motifs is 1. The Morgan fingerprint density at radius 3 is 2.17 bits per heavy atom. The van der Waals surface area contributed by atoms with Gasteiger partial charge in [-0.25, -0.2) is 9.97 Å². The summed E-state index contributed by atoms with van der Waals surface area (Å²) in [6.45, 7) is 6.18. The van der Waals surface area contributed by atoms with Crippen LogP contribution in [0.15, 0.2) is 12.1 Å². The monoisotopic (exact) mass is 347 g/mol. The first kappa shape index (κ1) is 15.3. The molecule has 7 heteroatoms. The van der Waals surface area contributed by atoms with Gasteiger partial charge in [0.05, 0.1) is 5.52 Å². The molecule has 4 heterocycles. The van der Waals surface area contributed by atoms with Crippen molar-refractivity contribution in [2.24, 2.45) is 0 Å². The van der Waals surface area contributed by atoms with Gasteiger partial charge in [-0.1, -0.05) is 0 Å². The summed E-state index contributed by atoms with van der Waals surface area (Å²) < 4.78 is 0. The molecule has 0 radical (unpaired) electrons. The van der Waals surface area contributed by atoms with Crippen LogP contribution in [0.25, 0.3) is 11.0 Å². The lowest BCUT2D eigenvalue weighted by atomic mass is 10.3. The van der Waals surface area contributed by atoms with Crippen molar-refractivity contribution in [1.82, 2.24) is 15.0 Å². The number of rotatable bonds is 2. The van der Waals surface area contributed by atoms with Crippen molar-refractivity contribution in [2.45, 2.75) is 6.92 Å². The summed E-state index contributed by atoms with van der Waals surface area (Å²) in [6, 6.07) is 4.13. The molecule has 0 amide bonds. The minimum absolute atomic E-state index is 0.872. The van der Waals surface area contributed by atoms with Crippen LogP contribution in [0, 0.1) is 6.92 Å². The average molecular weight is 348 g/mol. The molecule has 0 bridgehead atoms. The highest BCUT2D eigenvalue weighted by molar-refractivity contribution is 7.99. The molecule has 2 aromatic rings. The number of aryl methyl sites for hydroxylation is 1. The lowest BCUT2D eigenvalue weighted by molar-refractivity contribution is 0.799. The van der Waals surface area contributed by atoms with Crippen LogP contribution >= 0.6 is 23.5 Å². The van der Waals surface area contributed by atoms with E-state index in [-0.39, 0.29) is 0 Å². The number of nitrogens with zero attached hydrogens (tertiary/aromatic N) is 5. The minimum Gasteiger partial charge on any atom is -0.353 e. The molecule has 0 N–H and O–H groups in total. The van der Waals surface area contributed by atoms with Crippen molar-refractivity contribution in [3.63, 3.8) is 0 Å². The maximum Gasteiger partial charge on any atom is 0.228 e. The molecular formula is C16H21N5S2. The normalized spacial score (nSPS) is 19.3. The van der Waals surface area contributed by atoms with E-state index in [0.717, 1.165) is 77.7 Å². The molecule has 0 unspecified atom stereocenters. The van der Waals surface area contributed by atoms with Gasteiger partial charge in [-0.05, 0) is 19.1 Å². The molecular weight excluding hydrogens is 326 g/mol. The van der Waals surface area contributed by atoms with Crippen LogP contribution in [-0.2, 0) is 0 Å². The minimum atomic E-state index is 0.872. The molecule has 2 fully saturated rings. The molecule has 2 aliphatic heterocycles. The van der Waals surface area contributed by atoms with Crippen LogP contribution in [0.1, 0.15) is 5.69 Å². The van der Waals surface area contributed by atoms with Gasteiger partial charge in [0.15, 0.2) is 5.82 Å². The fourth-order valence-corrected chi connectivity index (χ4v) is 4.79. The highest BCUT2D eigenvalue weighted by Gasteiger charge is 2.21. The Kier molecular flexibility index (Phi) is 4.48. The Hall–Kier alpha value is -1.21. The first-order valence-electron chi connectivity index (χ1n) is 8.12. The maximum atomic E-state index is 4.95. The van der Waals surface area contributed by atoms with Crippen LogP contribution in [0.2, 0.25) is 0 Å². The number of pyridine rings is 1. The predicted octanol–water partition coefficient (Wildman–Crippen LogP) is 2.44. The number of hydrogen-bond donors (Lipinski definition) is 0. The third-order valence-electron chi connectivity index (χ3n) is 4.26. The molecule has 0 aliphatic carbocycles. The molecule has 122 valence electrons. The maximum absolute atomic E-state index is 4.95. The second kappa shape index (κ2) is 6.73. The van der Waals surface area contributed by atoms with E-state index in [1.54, 1.807) is 0 Å². The Morgan fingerprint density at radius 1 is 0.826 bits per heavy atom. The molecule has 0 atom stereocenters. The van der Waals surface area contributed by atoms with Gasteiger partial charge in [0.2, 0.25) is 5.95 Å². The van der Waals surface area contributed by atoms with Crippen LogP contribution in [0.5, 0.6) is 0 Å². The van der Waals surface area contributed by atoms with E-state index in [2.05, 4.69) is 15.9 Å². The van der Waals surface area contributed by atoms with Crippen molar-refractivity contribution in [3.05, 3.63) is 17.8 Å². The molecule has 4 rings (SSSR count). The Labute approximate surface area is 145 Å². The zero-order valence-electron chi connectivity index (χ0n) is 13.4. The summed E-state index contributed by atoms with van der Waals surface area (Å²) in [4.78, 5) is 19.2. The van der Waals surface area contributed by atoms with Crippen LogP contribution < -0.4 is 9.80 Å². The highest BCUT2D eigenvalue weighted by Crippen LogP contribution is 2.28. The topological polar surface area (TPSA) is 45.2 Å². The van der Waals surface area contributed by atoms with E-state index in [4.69, 9.17) is 15.0 Å². The van der Waals surface area contributed by atoms with Gasteiger partial charge in [-0.3, -0.25) is 0 Å². The van der Waals surface area contributed by atoms with Gasteiger partial charge in [0, 0.05) is 54.9 Å². The summed E-state index contributed by atoms with van der Waals surface area (Å²) in [6.07, 6.45) is 0. The fourth-order valence-electron chi connectivity index (χ4n) is 2.98. The molecule has 0 aromatic carbocycles. The van der Waals surface area contributed by atoms with E-state index in [1.807, 2.05) is 36.5 Å². The largest absolute Gasteiger partial charge is 0.353 e. The third kappa shape index (κ3) is 3.21. The highest BCUT2D eigenvalue weighted by atomic mass is 32.2. The molecule has 2 aliphatic rings. The first-order chi connectivity index (χ1) is 11.3. The number of aromatic nitrogens is 3. The zero-order chi connectivity index (χ0) is 15.6. The van der Waals surface area contributed by atoms with Crippen LogP contribution in [-0.4, -0.2) is 64.1 Å². The second-order valence-corrected chi connectivity index (χ2v) is 8.32. The Bertz CT molecular complexity index is 696. The van der Waals surface area contributed by atoms with Crippen molar-refractivity contribution >= 4 is 46.3 Å². The van der Waals surface area contributed by atoms with Gasteiger partial charge in [-0.2, -0.15) is 28.5 Å². The quantitative estimate of drug-likeness (QED) is 0.827. The molecule has 5 nitrogen and oxygen atoms in total. The van der Waals surface area contributed by atoms with Crippen LogP contribution in [0.3, 0.4) is 0 Å². The Morgan fingerprint density at radius 2 is 1.48 bits per heavy atom. The van der Waals surface area contributed by atoms with E-state index >= 15 is 0 Å². The number of thioether (sulfide) groups is 2. The lowest BCUT2D eigenvalue weighted by Gasteiger charge is -2.31. The van der Waals surface area contributed by atoms with Crippen molar-refractivity contribution in [1.29, 1.82) is 0 Å². The smallest absolute Gasteiger partial charge is 0.228 e. The molecule has 23 heavy (non-hydrogen) atoms. The van der Waals surface area contributed by atoms with Gasteiger partial charge in [0.25, 0.3) is 0 Å². The molecule has 0 saturated carbocycles. The van der Waals surface area contributed by atoms with Crippen LogP contribution in [0.4, 0.5) is 11.8 Å². The zero-order valence-corrected chi connectivity index (χ0v) is 15.0. The standard InChI is InChI=1S/C16H21N5S2/c1-12-2-3-13-14(17-12)15(20-4-8-22-9-5-20)19-16(18-13)21-6-10-23-11-7-21/h2-3H,4-11H2,1H3. The first-order valence-corrected chi connectivity index (χ1v) is 10.4. The van der Waals surface area contributed by atoms with Crippen molar-refractivity contribution in [3.8, 4) is 0 Å². The van der Waals surface area contributed by atoms with E-state index in [0.29, 0.717) is 0 Å². The van der Waals surface area contributed by atoms with Crippen molar-refractivity contribution in [2.75, 3.05) is 59.0 Å². The summed E-state index contributed by atoms with van der Waals surface area (Å²) >= 11 is 4.02. The fraction of sp³-hybridized carbons (Fsp3) is 0.562. The average Bonchev–Trinajstić information content (AvgIpc) is 2.62. The molecule has 2 saturated heterocycles. The van der Waals surface area contributed by atoms with Gasteiger partial charge >= 0.3 is 0 Å². The van der Waals surface area contributed by atoms with E-state index in [9.17, 15) is 0 Å². The number of anilines is 2. The SMILES string of the molecule is Cc1ccc2nc(N3CCSCC3)nc(N3CCSCC3)c2n1. The summed E-state index contributed by atoms with van der Waals surface area (Å²) in [5.41, 5.74) is 2.94. The van der Waals surface area contributed by atoms with Gasteiger partial charge in [-0.15, -0.1) is 0 Å². The molecule has 2 aromatic heterocycles.